The van der Waals surface area contributed by atoms with Gasteiger partial charge in [0.05, 0.1) is 0 Å². The maximum absolute atomic E-state index is 12.6. The van der Waals surface area contributed by atoms with Gasteiger partial charge in [0, 0.05) is 52.0 Å². The Hall–Kier alpha value is -2.86. The first kappa shape index (κ1) is 18.9. The summed E-state index contributed by atoms with van der Waals surface area (Å²) < 4.78 is 12.0. The van der Waals surface area contributed by atoms with Crippen LogP contribution in [0.25, 0.3) is 11.1 Å². The van der Waals surface area contributed by atoms with Crippen molar-refractivity contribution in [3.8, 4) is 11.1 Å². The lowest BCUT2D eigenvalue weighted by Crippen LogP contribution is -2.23. The van der Waals surface area contributed by atoms with Crippen molar-refractivity contribution < 1.29 is 9.00 Å². The molecule has 27 heavy (non-hydrogen) atoms. The second kappa shape index (κ2) is 8.22. The predicted octanol–water partition coefficient (Wildman–Crippen LogP) is 3.43. The number of aromatic nitrogens is 2. The van der Waals surface area contributed by atoms with E-state index in [4.69, 9.17) is 0 Å². The number of hydrogen-bond acceptors (Lipinski definition) is 4. The molecule has 138 valence electrons. The molecule has 1 N–H and O–H groups in total. The summed E-state index contributed by atoms with van der Waals surface area (Å²) in [7, 11) is -1.19. The zero-order valence-corrected chi connectivity index (χ0v) is 16.3. The van der Waals surface area contributed by atoms with Gasteiger partial charge in [-0.05, 0) is 43.2 Å². The van der Waals surface area contributed by atoms with E-state index in [9.17, 15) is 9.00 Å². The molecule has 5 nitrogen and oxygen atoms in total. The molecular formula is C21H21N3O2S. The highest BCUT2D eigenvalue weighted by Gasteiger charge is 2.12. The molecule has 6 heteroatoms. The van der Waals surface area contributed by atoms with E-state index in [-0.39, 0.29) is 5.91 Å². The summed E-state index contributed by atoms with van der Waals surface area (Å²) in [6, 6.07) is 13.4. The number of hydrogen-bond donors (Lipinski definition) is 1. The Morgan fingerprint density at radius 2 is 1.67 bits per heavy atom. The summed E-state index contributed by atoms with van der Waals surface area (Å²) >= 11 is 0. The molecule has 0 bridgehead atoms. The summed E-state index contributed by atoms with van der Waals surface area (Å²) in [6.45, 7) is 4.17. The lowest BCUT2D eigenvalue weighted by Gasteiger charge is -2.10. The molecule has 0 fully saturated rings. The molecule has 2 aromatic carbocycles. The van der Waals surface area contributed by atoms with E-state index in [0.29, 0.717) is 22.8 Å². The third-order valence-electron chi connectivity index (χ3n) is 4.17. The zero-order chi connectivity index (χ0) is 19.4. The second-order valence-electron chi connectivity index (χ2n) is 6.39. The van der Waals surface area contributed by atoms with Gasteiger partial charge in [0.1, 0.15) is 5.82 Å². The number of rotatable bonds is 5. The molecule has 0 saturated carbocycles. The lowest BCUT2D eigenvalue weighted by atomic mass is 10.0. The smallest absolute Gasteiger partial charge is 0.251 e. The minimum atomic E-state index is -1.19. The number of nitrogens with zero attached hydrogens (tertiary/aromatic N) is 2. The standard InChI is InChI=1S/C21H21N3O2S/c1-14-4-6-17(7-5-14)18-8-19(10-20(9-18)27(3)26)21(25)24-13-16-11-22-15(2)23-12-16/h4-12H,13H2,1-3H3,(H,24,25). The Bertz CT molecular complexity index is 983. The van der Waals surface area contributed by atoms with Gasteiger partial charge in [-0.1, -0.05) is 29.8 Å². The molecule has 0 spiro atoms. The largest absolute Gasteiger partial charge is 0.348 e. The molecule has 1 aromatic heterocycles. The van der Waals surface area contributed by atoms with E-state index in [0.717, 1.165) is 22.3 Å². The SMILES string of the molecule is Cc1ccc(-c2cc(C(=O)NCc3cnc(C)nc3)cc(S(C)=O)c2)cc1. The van der Waals surface area contributed by atoms with Crippen LogP contribution in [-0.4, -0.2) is 26.3 Å². The van der Waals surface area contributed by atoms with Crippen LogP contribution in [0.2, 0.25) is 0 Å². The van der Waals surface area contributed by atoms with Crippen LogP contribution >= 0.6 is 0 Å². The summed E-state index contributed by atoms with van der Waals surface area (Å²) in [5, 5.41) is 2.87. The maximum atomic E-state index is 12.6. The molecule has 0 saturated heterocycles. The van der Waals surface area contributed by atoms with Gasteiger partial charge < -0.3 is 5.32 Å². The monoisotopic (exact) mass is 379 g/mol. The van der Waals surface area contributed by atoms with Gasteiger partial charge in [0.15, 0.2) is 0 Å². The first-order valence-corrected chi connectivity index (χ1v) is 10.1. The zero-order valence-electron chi connectivity index (χ0n) is 15.5. The third-order valence-corrected chi connectivity index (χ3v) is 5.07. The van der Waals surface area contributed by atoms with Crippen molar-refractivity contribution in [2.24, 2.45) is 0 Å². The van der Waals surface area contributed by atoms with Gasteiger partial charge in [0.25, 0.3) is 5.91 Å². The fourth-order valence-electron chi connectivity index (χ4n) is 2.60. The van der Waals surface area contributed by atoms with E-state index in [2.05, 4.69) is 15.3 Å². The Balaban J connectivity index is 1.86. The van der Waals surface area contributed by atoms with Crippen LogP contribution in [0.5, 0.6) is 0 Å². The highest BCUT2D eigenvalue weighted by atomic mass is 32.2. The van der Waals surface area contributed by atoms with Crippen LogP contribution < -0.4 is 5.32 Å². The van der Waals surface area contributed by atoms with Crippen LogP contribution in [0, 0.1) is 13.8 Å². The molecule has 0 aliphatic heterocycles. The molecule has 3 aromatic rings. The minimum absolute atomic E-state index is 0.226. The summed E-state index contributed by atoms with van der Waals surface area (Å²) in [5.41, 5.74) is 4.31. The van der Waals surface area contributed by atoms with Crippen molar-refractivity contribution in [3.63, 3.8) is 0 Å². The van der Waals surface area contributed by atoms with Crippen molar-refractivity contribution in [1.82, 2.24) is 15.3 Å². The molecule has 1 unspecified atom stereocenters. The highest BCUT2D eigenvalue weighted by Crippen LogP contribution is 2.24. The van der Waals surface area contributed by atoms with Gasteiger partial charge >= 0.3 is 0 Å². The number of aryl methyl sites for hydroxylation is 2. The van der Waals surface area contributed by atoms with Gasteiger partial charge in [-0.15, -0.1) is 0 Å². The first-order chi connectivity index (χ1) is 12.9. The Labute approximate surface area is 161 Å². The maximum Gasteiger partial charge on any atom is 0.251 e. The second-order valence-corrected chi connectivity index (χ2v) is 7.77. The van der Waals surface area contributed by atoms with Crippen LogP contribution in [-0.2, 0) is 17.3 Å². The van der Waals surface area contributed by atoms with Crippen LogP contribution in [0.3, 0.4) is 0 Å². The van der Waals surface area contributed by atoms with Crippen molar-refractivity contribution >= 4 is 16.7 Å². The third kappa shape index (κ3) is 4.86. The van der Waals surface area contributed by atoms with E-state index in [1.807, 2.05) is 50.2 Å². The number of benzene rings is 2. The average molecular weight is 379 g/mol. The van der Waals surface area contributed by atoms with E-state index >= 15 is 0 Å². The number of carbonyl (C=O) groups excluding carboxylic acids is 1. The van der Waals surface area contributed by atoms with Crippen molar-refractivity contribution in [2.45, 2.75) is 25.3 Å². The number of nitrogens with one attached hydrogen (secondary N) is 1. The summed E-state index contributed by atoms with van der Waals surface area (Å²) in [4.78, 5) is 21.5. The number of carbonyl (C=O) groups is 1. The molecular weight excluding hydrogens is 358 g/mol. The highest BCUT2D eigenvalue weighted by molar-refractivity contribution is 7.84. The molecule has 0 aliphatic rings. The predicted molar refractivity (Wildman–Crippen MR) is 107 cm³/mol. The average Bonchev–Trinajstić information content (AvgIpc) is 2.67. The van der Waals surface area contributed by atoms with E-state index in [1.165, 1.54) is 0 Å². The van der Waals surface area contributed by atoms with Crippen molar-refractivity contribution in [3.05, 3.63) is 77.4 Å². The lowest BCUT2D eigenvalue weighted by molar-refractivity contribution is 0.0950. The van der Waals surface area contributed by atoms with Crippen molar-refractivity contribution in [1.29, 1.82) is 0 Å². The fraction of sp³-hybridized carbons (Fsp3) is 0.190. The van der Waals surface area contributed by atoms with E-state index in [1.54, 1.807) is 24.7 Å². The summed E-state index contributed by atoms with van der Waals surface area (Å²) in [6.07, 6.45) is 5.00. The molecule has 0 radical (unpaired) electrons. The normalized spacial score (nSPS) is 11.8. The molecule has 1 heterocycles. The minimum Gasteiger partial charge on any atom is -0.348 e. The van der Waals surface area contributed by atoms with Crippen LogP contribution in [0.15, 0.2) is 59.8 Å². The van der Waals surface area contributed by atoms with Gasteiger partial charge in [-0.2, -0.15) is 0 Å². The number of amides is 1. The Morgan fingerprint density at radius 1 is 1.00 bits per heavy atom. The molecule has 3 rings (SSSR count). The molecule has 1 atom stereocenters. The van der Waals surface area contributed by atoms with Gasteiger partial charge in [0.2, 0.25) is 0 Å². The van der Waals surface area contributed by atoms with Crippen LogP contribution in [0.1, 0.15) is 27.3 Å². The van der Waals surface area contributed by atoms with Crippen LogP contribution in [0.4, 0.5) is 0 Å². The van der Waals surface area contributed by atoms with Crippen molar-refractivity contribution in [2.75, 3.05) is 6.26 Å². The topological polar surface area (TPSA) is 72.0 Å². The molecule has 1 amide bonds. The van der Waals surface area contributed by atoms with E-state index < -0.39 is 10.8 Å². The van der Waals surface area contributed by atoms with Gasteiger partial charge in [-0.25, -0.2) is 9.97 Å². The molecule has 0 aliphatic carbocycles. The quantitative estimate of drug-likeness (QED) is 0.737. The first-order valence-electron chi connectivity index (χ1n) is 8.53. The Morgan fingerprint density at radius 3 is 2.30 bits per heavy atom. The van der Waals surface area contributed by atoms with Gasteiger partial charge in [-0.3, -0.25) is 9.00 Å². The Kier molecular flexibility index (Phi) is 5.76. The summed E-state index contributed by atoms with van der Waals surface area (Å²) in [5.74, 6) is 0.460. The fourth-order valence-corrected chi connectivity index (χ4v) is 3.19.